The summed E-state index contributed by atoms with van der Waals surface area (Å²) in [6.07, 6.45) is 0.887. The van der Waals surface area contributed by atoms with Crippen LogP contribution in [-0.2, 0) is 39.1 Å². The number of benzene rings is 4. The molecule has 0 radical (unpaired) electrons. The highest BCUT2D eigenvalue weighted by atomic mass is 16.5. The maximum absolute atomic E-state index is 13.8. The zero-order chi connectivity index (χ0) is 36.8. The highest BCUT2D eigenvalue weighted by Gasteiger charge is 2.36. The zero-order valence-electron chi connectivity index (χ0n) is 30.4. The van der Waals surface area contributed by atoms with E-state index in [1.165, 1.54) is 22.3 Å². The molecule has 4 aliphatic rings. The molecule has 1 unspecified atom stereocenters. The molecule has 0 saturated heterocycles. The van der Waals surface area contributed by atoms with Gasteiger partial charge in [-0.3, -0.25) is 14.7 Å². The summed E-state index contributed by atoms with van der Waals surface area (Å²) >= 11 is 0. The maximum atomic E-state index is 13.8. The molecule has 4 aromatic carbocycles. The normalized spacial score (nSPS) is 19.9. The van der Waals surface area contributed by atoms with Crippen molar-refractivity contribution in [3.05, 3.63) is 136 Å². The molecular weight excluding hydrogens is 683 g/mol. The third-order valence-electron chi connectivity index (χ3n) is 11.1. The minimum absolute atomic E-state index is 0.0199. The van der Waals surface area contributed by atoms with Gasteiger partial charge in [0.05, 0.1) is 42.9 Å². The van der Waals surface area contributed by atoms with E-state index in [0.717, 1.165) is 35.5 Å². The SMILES string of the molecule is COc1cc2c(cc1OCc1cccc(COc3cc4c(cc3OC)C(O)N3Cc5ccccc5C[C@H]3CN4)n1)NC[C@@H]1Cc3ccccc3CN1C2=O. The minimum atomic E-state index is -0.788. The Labute approximate surface area is 314 Å². The van der Waals surface area contributed by atoms with E-state index in [1.54, 1.807) is 20.3 Å². The molecule has 4 aliphatic heterocycles. The molecule has 0 bridgehead atoms. The van der Waals surface area contributed by atoms with Crippen molar-refractivity contribution >= 4 is 17.3 Å². The molecule has 54 heavy (non-hydrogen) atoms. The number of amides is 1. The van der Waals surface area contributed by atoms with Gasteiger partial charge < -0.3 is 39.6 Å². The number of methoxy groups -OCH3 is 2. The number of carbonyl (C=O) groups excluding carboxylic acids is 1. The second kappa shape index (κ2) is 14.2. The Morgan fingerprint density at radius 3 is 1.94 bits per heavy atom. The lowest BCUT2D eigenvalue weighted by Crippen LogP contribution is -2.45. The number of hydrogen-bond donors (Lipinski definition) is 3. The third kappa shape index (κ3) is 6.33. The Bertz CT molecular complexity index is 2230. The largest absolute Gasteiger partial charge is 0.493 e. The third-order valence-corrected chi connectivity index (χ3v) is 11.1. The molecule has 5 heterocycles. The number of aliphatic hydroxyl groups excluding tert-OH is 1. The molecular formula is C43H43N5O6. The lowest BCUT2D eigenvalue weighted by atomic mass is 9.93. The van der Waals surface area contributed by atoms with Crippen LogP contribution in [0, 0.1) is 0 Å². The van der Waals surface area contributed by atoms with Crippen molar-refractivity contribution in [2.24, 2.45) is 0 Å². The summed E-state index contributed by atoms with van der Waals surface area (Å²) in [7, 11) is 3.18. The fraction of sp³-hybridized carbons (Fsp3) is 0.302. The number of aromatic nitrogens is 1. The van der Waals surface area contributed by atoms with Gasteiger partial charge in [-0.1, -0.05) is 54.6 Å². The van der Waals surface area contributed by atoms with Crippen LogP contribution in [0.15, 0.2) is 91.0 Å². The number of aliphatic hydroxyl groups is 1. The minimum Gasteiger partial charge on any atom is -0.493 e. The number of carbonyl (C=O) groups is 1. The Morgan fingerprint density at radius 2 is 1.26 bits per heavy atom. The van der Waals surface area contributed by atoms with E-state index in [1.807, 2.05) is 47.4 Å². The van der Waals surface area contributed by atoms with Gasteiger partial charge in [-0.15, -0.1) is 0 Å². The molecule has 5 aromatic rings. The first-order valence-corrected chi connectivity index (χ1v) is 18.5. The molecule has 0 spiro atoms. The Morgan fingerprint density at radius 1 is 0.685 bits per heavy atom. The Balaban J connectivity index is 0.880. The number of anilines is 2. The molecule has 3 atom stereocenters. The molecule has 11 nitrogen and oxygen atoms in total. The number of rotatable bonds is 8. The van der Waals surface area contributed by atoms with Crippen LogP contribution in [0.5, 0.6) is 23.0 Å². The van der Waals surface area contributed by atoms with Crippen LogP contribution in [0.1, 0.15) is 55.8 Å². The fourth-order valence-electron chi connectivity index (χ4n) is 8.24. The number of ether oxygens (including phenoxy) is 4. The molecule has 0 fully saturated rings. The smallest absolute Gasteiger partial charge is 0.256 e. The highest BCUT2D eigenvalue weighted by molar-refractivity contribution is 6.01. The quantitative estimate of drug-likeness (QED) is 0.174. The summed E-state index contributed by atoms with van der Waals surface area (Å²) in [6, 6.07) is 30.1. The first-order valence-electron chi connectivity index (χ1n) is 18.5. The van der Waals surface area contributed by atoms with Crippen molar-refractivity contribution in [2.45, 2.75) is 57.5 Å². The number of nitrogens with one attached hydrogen (secondary N) is 2. The molecule has 9 rings (SSSR count). The molecule has 276 valence electrons. The van der Waals surface area contributed by atoms with E-state index in [4.69, 9.17) is 23.9 Å². The fourth-order valence-corrected chi connectivity index (χ4v) is 8.24. The molecule has 1 aromatic heterocycles. The highest BCUT2D eigenvalue weighted by Crippen LogP contribution is 2.42. The van der Waals surface area contributed by atoms with E-state index < -0.39 is 6.23 Å². The van der Waals surface area contributed by atoms with Crippen LogP contribution >= 0.6 is 0 Å². The van der Waals surface area contributed by atoms with Gasteiger partial charge in [0.15, 0.2) is 23.0 Å². The van der Waals surface area contributed by atoms with Crippen molar-refractivity contribution in [1.82, 2.24) is 14.8 Å². The first kappa shape index (κ1) is 34.0. The average Bonchev–Trinajstić information content (AvgIpc) is 3.42. The number of hydrogen-bond acceptors (Lipinski definition) is 10. The summed E-state index contributed by atoms with van der Waals surface area (Å²) in [5, 5.41) is 18.6. The van der Waals surface area contributed by atoms with Crippen LogP contribution < -0.4 is 29.6 Å². The van der Waals surface area contributed by atoms with Gasteiger partial charge in [0.2, 0.25) is 0 Å². The van der Waals surface area contributed by atoms with Crippen molar-refractivity contribution in [3.63, 3.8) is 0 Å². The van der Waals surface area contributed by atoms with Gasteiger partial charge in [-0.25, -0.2) is 0 Å². The predicted molar refractivity (Wildman–Crippen MR) is 204 cm³/mol. The number of fused-ring (bicyclic) bond motifs is 6. The van der Waals surface area contributed by atoms with Crippen LogP contribution in [0.4, 0.5) is 11.4 Å². The summed E-state index contributed by atoms with van der Waals surface area (Å²) in [5.41, 5.74) is 9.35. The molecule has 1 amide bonds. The van der Waals surface area contributed by atoms with Crippen molar-refractivity contribution in [3.8, 4) is 23.0 Å². The summed E-state index contributed by atoms with van der Waals surface area (Å²) in [6.45, 7) is 2.99. The second-order valence-corrected chi connectivity index (χ2v) is 14.3. The molecule has 3 N–H and O–H groups in total. The average molecular weight is 726 g/mol. The van der Waals surface area contributed by atoms with Crippen LogP contribution in [0.25, 0.3) is 0 Å². The lowest BCUT2D eigenvalue weighted by molar-refractivity contribution is -0.0329. The zero-order valence-corrected chi connectivity index (χ0v) is 30.4. The van der Waals surface area contributed by atoms with Gasteiger partial charge in [0.25, 0.3) is 5.91 Å². The van der Waals surface area contributed by atoms with Gasteiger partial charge >= 0.3 is 0 Å². The topological polar surface area (TPSA) is 118 Å². The van der Waals surface area contributed by atoms with Crippen LogP contribution in [-0.4, -0.2) is 65.2 Å². The standard InChI is InChI=1S/C43H43N5O6/c1-51-38-16-34-36(44-20-32-14-26-8-3-5-10-28(26)22-47(32)42(34)49)18-40(38)53-24-30-12-7-13-31(46-30)25-54-41-19-37-35(17-39(41)52-2)43(50)48-23-29-11-6-4-9-27(29)15-33(48)21-45-37/h3-13,16-19,32-33,42,44-45,49H,14-15,20-25H2,1-2H3/t32-,33-,42?/m0/s1. The van der Waals surface area contributed by atoms with Gasteiger partial charge in [0, 0.05) is 55.6 Å². The summed E-state index contributed by atoms with van der Waals surface area (Å²) in [4.78, 5) is 22.7. The number of pyridine rings is 1. The van der Waals surface area contributed by atoms with Crippen molar-refractivity contribution in [1.29, 1.82) is 0 Å². The Kier molecular flexibility index (Phi) is 8.96. The van der Waals surface area contributed by atoms with E-state index in [0.29, 0.717) is 60.4 Å². The van der Waals surface area contributed by atoms with Gasteiger partial charge in [-0.2, -0.15) is 0 Å². The molecule has 0 aliphatic carbocycles. The lowest BCUT2D eigenvalue weighted by Gasteiger charge is -2.38. The summed E-state index contributed by atoms with van der Waals surface area (Å²) < 4.78 is 24.0. The molecule has 11 heteroatoms. The predicted octanol–water partition coefficient (Wildman–Crippen LogP) is 6.09. The monoisotopic (exact) mass is 725 g/mol. The van der Waals surface area contributed by atoms with E-state index in [9.17, 15) is 9.90 Å². The summed E-state index contributed by atoms with van der Waals surface area (Å²) in [5.74, 6) is 2.07. The first-order chi connectivity index (χ1) is 26.4. The maximum Gasteiger partial charge on any atom is 0.256 e. The van der Waals surface area contributed by atoms with Gasteiger partial charge in [0.1, 0.15) is 19.4 Å². The van der Waals surface area contributed by atoms with Gasteiger partial charge in [-0.05, 0) is 59.4 Å². The van der Waals surface area contributed by atoms with Crippen molar-refractivity contribution < 1.29 is 28.8 Å². The Hall–Kier alpha value is -5.78. The molecule has 0 saturated carbocycles. The van der Waals surface area contributed by atoms with E-state index >= 15 is 0 Å². The van der Waals surface area contributed by atoms with Crippen LogP contribution in [0.3, 0.4) is 0 Å². The van der Waals surface area contributed by atoms with E-state index in [-0.39, 0.29) is 31.2 Å². The second-order valence-electron chi connectivity index (χ2n) is 14.3. The van der Waals surface area contributed by atoms with E-state index in [2.05, 4.69) is 58.0 Å². The number of nitrogens with zero attached hydrogens (tertiary/aromatic N) is 3. The van der Waals surface area contributed by atoms with Crippen molar-refractivity contribution in [2.75, 3.05) is 37.9 Å². The van der Waals surface area contributed by atoms with Crippen LogP contribution in [0.2, 0.25) is 0 Å².